The van der Waals surface area contributed by atoms with Crippen molar-refractivity contribution in [3.8, 4) is 0 Å². The number of amides is 1. The monoisotopic (exact) mass is 442 g/mol. The van der Waals surface area contributed by atoms with Crippen LogP contribution in [0.5, 0.6) is 0 Å². The molecule has 2 heterocycles. The van der Waals surface area contributed by atoms with E-state index in [0.29, 0.717) is 11.3 Å². The second-order valence-corrected chi connectivity index (χ2v) is 10.3. The fraction of sp³-hybridized carbons (Fsp3) is 0.353. The molecule has 1 fully saturated rings. The van der Waals surface area contributed by atoms with Gasteiger partial charge >= 0.3 is 0 Å². The molecule has 1 N–H and O–H groups in total. The first-order valence-electron chi connectivity index (χ1n) is 8.13. The Hall–Kier alpha value is -1.38. The number of anilines is 1. The fourth-order valence-corrected chi connectivity index (χ4v) is 5.85. The van der Waals surface area contributed by atoms with Crippen LogP contribution in [0.3, 0.4) is 0 Å². The molecule has 0 saturated carbocycles. The summed E-state index contributed by atoms with van der Waals surface area (Å²) in [5, 5.41) is 0. The van der Waals surface area contributed by atoms with Crippen molar-refractivity contribution in [2.45, 2.75) is 29.9 Å². The van der Waals surface area contributed by atoms with E-state index in [1.54, 1.807) is 36.4 Å². The number of likely N-dealkylation sites (tertiary alicyclic amines) is 1. The SMILES string of the molecule is O=C(c1ccc(NS(=O)(=O)c2ccc(Br)s2)cc1)N1CCCCCC1. The average Bonchev–Trinajstić information content (AvgIpc) is 2.87. The van der Waals surface area contributed by atoms with Crippen LogP contribution in [-0.4, -0.2) is 32.3 Å². The van der Waals surface area contributed by atoms with Crippen LogP contribution < -0.4 is 4.72 Å². The number of carbonyl (C=O) groups is 1. The third-order valence-corrected chi connectivity index (χ3v) is 7.59. The average molecular weight is 443 g/mol. The Bertz CT molecular complexity index is 839. The molecule has 1 aromatic carbocycles. The number of halogens is 1. The predicted octanol–water partition coefficient (Wildman–Crippen LogP) is 4.33. The lowest BCUT2D eigenvalue weighted by atomic mass is 10.2. The molecular weight excluding hydrogens is 424 g/mol. The topological polar surface area (TPSA) is 66.5 Å². The van der Waals surface area contributed by atoms with Gasteiger partial charge in [-0.3, -0.25) is 9.52 Å². The molecule has 1 aliphatic rings. The molecule has 134 valence electrons. The smallest absolute Gasteiger partial charge is 0.271 e. The summed E-state index contributed by atoms with van der Waals surface area (Å²) in [6.45, 7) is 1.58. The Morgan fingerprint density at radius 3 is 2.20 bits per heavy atom. The molecule has 1 aliphatic heterocycles. The van der Waals surface area contributed by atoms with Crippen molar-refractivity contribution in [2.24, 2.45) is 0 Å². The first-order chi connectivity index (χ1) is 12.0. The van der Waals surface area contributed by atoms with E-state index < -0.39 is 10.0 Å². The summed E-state index contributed by atoms with van der Waals surface area (Å²) in [7, 11) is -3.61. The highest BCUT2D eigenvalue weighted by atomic mass is 79.9. The van der Waals surface area contributed by atoms with Crippen molar-refractivity contribution in [1.29, 1.82) is 0 Å². The number of hydrogen-bond acceptors (Lipinski definition) is 4. The second kappa shape index (κ2) is 7.88. The summed E-state index contributed by atoms with van der Waals surface area (Å²) >= 11 is 4.41. The van der Waals surface area contributed by atoms with E-state index in [9.17, 15) is 13.2 Å². The van der Waals surface area contributed by atoms with E-state index in [2.05, 4.69) is 20.7 Å². The number of nitrogens with one attached hydrogen (secondary N) is 1. The van der Waals surface area contributed by atoms with E-state index in [0.717, 1.165) is 41.1 Å². The maximum absolute atomic E-state index is 12.6. The standard InChI is InChI=1S/C17H19BrN2O3S2/c18-15-9-10-16(24-15)25(22,23)19-14-7-5-13(6-8-14)17(21)20-11-3-1-2-4-12-20/h5-10,19H,1-4,11-12H2. The number of carbonyl (C=O) groups excluding carboxylic acids is 1. The summed E-state index contributed by atoms with van der Waals surface area (Å²) in [6, 6.07) is 9.86. The second-order valence-electron chi connectivity index (χ2n) is 5.95. The molecule has 1 saturated heterocycles. The molecule has 0 unspecified atom stereocenters. The predicted molar refractivity (Wildman–Crippen MR) is 104 cm³/mol. The van der Waals surface area contributed by atoms with Crippen LogP contribution in [0, 0.1) is 0 Å². The van der Waals surface area contributed by atoms with Gasteiger partial charge in [0.25, 0.3) is 15.9 Å². The quantitative estimate of drug-likeness (QED) is 0.765. The zero-order valence-electron chi connectivity index (χ0n) is 13.6. The van der Waals surface area contributed by atoms with Gasteiger partial charge in [-0.1, -0.05) is 12.8 Å². The number of thiophene rings is 1. The van der Waals surface area contributed by atoms with Gasteiger partial charge in [-0.25, -0.2) is 8.42 Å². The minimum absolute atomic E-state index is 0.0125. The minimum Gasteiger partial charge on any atom is -0.339 e. The lowest BCUT2D eigenvalue weighted by molar-refractivity contribution is 0.0761. The molecule has 1 amide bonds. The highest BCUT2D eigenvalue weighted by Crippen LogP contribution is 2.27. The zero-order chi connectivity index (χ0) is 17.9. The zero-order valence-corrected chi connectivity index (χ0v) is 16.8. The van der Waals surface area contributed by atoms with Crippen LogP contribution in [0.15, 0.2) is 44.4 Å². The highest BCUT2D eigenvalue weighted by molar-refractivity contribution is 9.11. The van der Waals surface area contributed by atoms with Crippen LogP contribution in [0.4, 0.5) is 5.69 Å². The number of sulfonamides is 1. The molecule has 2 aromatic rings. The van der Waals surface area contributed by atoms with Crippen LogP contribution in [0.1, 0.15) is 36.0 Å². The third kappa shape index (κ3) is 4.62. The molecule has 0 atom stereocenters. The van der Waals surface area contributed by atoms with Gasteiger partial charge in [-0.15, -0.1) is 11.3 Å². The van der Waals surface area contributed by atoms with Crippen molar-refractivity contribution in [1.82, 2.24) is 4.90 Å². The van der Waals surface area contributed by atoms with Crippen LogP contribution in [-0.2, 0) is 10.0 Å². The van der Waals surface area contributed by atoms with E-state index in [1.165, 1.54) is 12.8 Å². The van der Waals surface area contributed by atoms with Crippen LogP contribution >= 0.6 is 27.3 Å². The molecular formula is C17H19BrN2O3S2. The normalized spacial score (nSPS) is 15.6. The Kier molecular flexibility index (Phi) is 5.81. The Labute approximate surface area is 160 Å². The number of nitrogens with zero attached hydrogens (tertiary/aromatic N) is 1. The summed E-state index contributed by atoms with van der Waals surface area (Å²) in [6.07, 6.45) is 4.42. The molecule has 3 rings (SSSR count). The summed E-state index contributed by atoms with van der Waals surface area (Å²) in [4.78, 5) is 14.4. The Balaban J connectivity index is 1.70. The van der Waals surface area contributed by atoms with Crippen molar-refractivity contribution < 1.29 is 13.2 Å². The maximum atomic E-state index is 12.6. The minimum atomic E-state index is -3.61. The number of rotatable bonds is 4. The molecule has 25 heavy (non-hydrogen) atoms. The summed E-state index contributed by atoms with van der Waals surface area (Å²) < 4.78 is 28.2. The van der Waals surface area contributed by atoms with E-state index >= 15 is 0 Å². The molecule has 0 spiro atoms. The van der Waals surface area contributed by atoms with E-state index in [4.69, 9.17) is 0 Å². The molecule has 5 nitrogen and oxygen atoms in total. The summed E-state index contributed by atoms with van der Waals surface area (Å²) in [5.41, 5.74) is 1.03. The Morgan fingerprint density at radius 2 is 1.64 bits per heavy atom. The number of hydrogen-bond donors (Lipinski definition) is 1. The molecule has 8 heteroatoms. The van der Waals surface area contributed by atoms with E-state index in [-0.39, 0.29) is 10.1 Å². The van der Waals surface area contributed by atoms with Gasteiger partial charge in [0, 0.05) is 24.3 Å². The lowest BCUT2D eigenvalue weighted by Crippen LogP contribution is -2.31. The third-order valence-electron chi connectivity index (χ3n) is 4.09. The largest absolute Gasteiger partial charge is 0.339 e. The molecule has 0 bridgehead atoms. The van der Waals surface area contributed by atoms with E-state index in [1.807, 2.05) is 4.90 Å². The Morgan fingerprint density at radius 1 is 1.00 bits per heavy atom. The van der Waals surface area contributed by atoms with Gasteiger partial charge in [-0.2, -0.15) is 0 Å². The molecule has 1 aromatic heterocycles. The maximum Gasteiger partial charge on any atom is 0.271 e. The van der Waals surface area contributed by atoms with Gasteiger partial charge in [0.1, 0.15) is 4.21 Å². The molecule has 0 radical (unpaired) electrons. The first-order valence-corrected chi connectivity index (χ1v) is 11.2. The van der Waals surface area contributed by atoms with Gasteiger partial charge in [-0.05, 0) is 65.2 Å². The van der Waals surface area contributed by atoms with Crippen molar-refractivity contribution in [3.63, 3.8) is 0 Å². The van der Waals surface area contributed by atoms with Crippen molar-refractivity contribution in [3.05, 3.63) is 45.7 Å². The van der Waals surface area contributed by atoms with Crippen molar-refractivity contribution >= 4 is 48.9 Å². The van der Waals surface area contributed by atoms with Gasteiger partial charge in [0.15, 0.2) is 0 Å². The number of benzene rings is 1. The first kappa shape index (κ1) is 18.4. The lowest BCUT2D eigenvalue weighted by Gasteiger charge is -2.20. The van der Waals surface area contributed by atoms with Crippen molar-refractivity contribution in [2.75, 3.05) is 17.8 Å². The van der Waals surface area contributed by atoms with Gasteiger partial charge in [0.2, 0.25) is 0 Å². The van der Waals surface area contributed by atoms with Gasteiger partial charge < -0.3 is 4.90 Å². The van der Waals surface area contributed by atoms with Crippen LogP contribution in [0.2, 0.25) is 0 Å². The fourth-order valence-electron chi connectivity index (χ4n) is 2.78. The highest BCUT2D eigenvalue weighted by Gasteiger charge is 2.19. The van der Waals surface area contributed by atoms with Crippen LogP contribution in [0.25, 0.3) is 0 Å². The summed E-state index contributed by atoms with van der Waals surface area (Å²) in [5.74, 6) is 0.0125. The molecule has 0 aliphatic carbocycles. The van der Waals surface area contributed by atoms with Gasteiger partial charge in [0.05, 0.1) is 3.79 Å².